The molecule has 1 spiro atoms. The lowest BCUT2D eigenvalue weighted by Gasteiger charge is -2.33. The van der Waals surface area contributed by atoms with Crippen LogP contribution in [0, 0.1) is 5.92 Å². The zero-order chi connectivity index (χ0) is 15.6. The van der Waals surface area contributed by atoms with E-state index in [1.807, 2.05) is 0 Å². The van der Waals surface area contributed by atoms with E-state index in [4.69, 9.17) is 9.47 Å². The summed E-state index contributed by atoms with van der Waals surface area (Å²) >= 11 is 0. The number of carbonyl (C=O) groups excluding carboxylic acids is 2. The van der Waals surface area contributed by atoms with Gasteiger partial charge in [0.25, 0.3) is 0 Å². The highest BCUT2D eigenvalue weighted by Crippen LogP contribution is 2.40. The number of hydrogen-bond acceptors (Lipinski definition) is 6. The van der Waals surface area contributed by atoms with Gasteiger partial charge >= 0.3 is 12.1 Å². The lowest BCUT2D eigenvalue weighted by molar-refractivity contribution is -0.150. The third-order valence-electron chi connectivity index (χ3n) is 4.28. The molecule has 0 bridgehead atoms. The zero-order valence-corrected chi connectivity index (χ0v) is 12.5. The van der Waals surface area contributed by atoms with Gasteiger partial charge in [0.2, 0.25) is 5.95 Å². The third-order valence-corrected chi connectivity index (χ3v) is 4.28. The molecule has 7 heteroatoms. The van der Waals surface area contributed by atoms with Crippen LogP contribution in [0.5, 0.6) is 0 Å². The molecule has 0 N–H and O–H groups in total. The van der Waals surface area contributed by atoms with E-state index in [-0.39, 0.29) is 11.9 Å². The fourth-order valence-electron chi connectivity index (χ4n) is 3.11. The number of ether oxygens (including phenoxy) is 2. The quantitative estimate of drug-likeness (QED) is 0.794. The largest absolute Gasteiger partial charge is 0.466 e. The maximum absolute atomic E-state index is 12.1. The van der Waals surface area contributed by atoms with E-state index in [0.29, 0.717) is 44.8 Å². The average molecular weight is 305 g/mol. The molecule has 0 radical (unpaired) electrons. The summed E-state index contributed by atoms with van der Waals surface area (Å²) in [6.45, 7) is 2.64. The molecular weight excluding hydrogens is 286 g/mol. The van der Waals surface area contributed by atoms with Crippen molar-refractivity contribution < 1.29 is 19.1 Å². The van der Waals surface area contributed by atoms with Gasteiger partial charge in [0, 0.05) is 12.4 Å². The Balaban J connectivity index is 1.65. The number of aromatic nitrogens is 2. The van der Waals surface area contributed by atoms with Crippen molar-refractivity contribution in [1.82, 2.24) is 9.97 Å². The van der Waals surface area contributed by atoms with Gasteiger partial charge in [-0.1, -0.05) is 0 Å². The molecule has 118 valence electrons. The highest BCUT2D eigenvalue weighted by Gasteiger charge is 2.49. The van der Waals surface area contributed by atoms with Crippen molar-refractivity contribution in [1.29, 1.82) is 0 Å². The maximum Gasteiger partial charge on any atom is 0.417 e. The van der Waals surface area contributed by atoms with Crippen molar-refractivity contribution >= 4 is 18.0 Å². The Morgan fingerprint density at radius 3 is 2.73 bits per heavy atom. The van der Waals surface area contributed by atoms with Gasteiger partial charge in [-0.2, -0.15) is 0 Å². The first-order valence-electron chi connectivity index (χ1n) is 7.58. The van der Waals surface area contributed by atoms with Crippen LogP contribution in [-0.4, -0.2) is 40.8 Å². The average Bonchev–Trinajstić information content (AvgIpc) is 2.85. The number of carbonyl (C=O) groups is 2. The Bertz CT molecular complexity index is 555. The van der Waals surface area contributed by atoms with Crippen LogP contribution in [0.1, 0.15) is 32.6 Å². The summed E-state index contributed by atoms with van der Waals surface area (Å²) in [5.41, 5.74) is -0.528. The summed E-state index contributed by atoms with van der Waals surface area (Å²) < 4.78 is 10.7. The monoisotopic (exact) mass is 305 g/mol. The van der Waals surface area contributed by atoms with Crippen molar-refractivity contribution in [2.75, 3.05) is 18.1 Å². The Morgan fingerprint density at radius 2 is 2.09 bits per heavy atom. The summed E-state index contributed by atoms with van der Waals surface area (Å²) in [5, 5.41) is 0. The molecule has 2 fully saturated rings. The van der Waals surface area contributed by atoms with Gasteiger partial charge in [0.05, 0.1) is 19.1 Å². The van der Waals surface area contributed by atoms with Crippen LogP contribution in [0.3, 0.4) is 0 Å². The first kappa shape index (κ1) is 14.7. The number of esters is 1. The van der Waals surface area contributed by atoms with Gasteiger partial charge in [-0.15, -0.1) is 0 Å². The third kappa shape index (κ3) is 2.75. The standard InChI is InChI=1S/C15H19N3O4/c1-2-21-12(19)11-4-6-15(7-5-11)10-18(14(20)22-15)13-16-8-3-9-17-13/h3,8-9,11H,2,4-7,10H2,1H3. The Morgan fingerprint density at radius 1 is 1.41 bits per heavy atom. The predicted octanol–water partition coefficient (Wildman–Crippen LogP) is 1.93. The minimum Gasteiger partial charge on any atom is -0.466 e. The van der Waals surface area contributed by atoms with Crippen molar-refractivity contribution in [3.05, 3.63) is 18.5 Å². The second-order valence-corrected chi connectivity index (χ2v) is 5.71. The lowest BCUT2D eigenvalue weighted by Crippen LogP contribution is -2.40. The van der Waals surface area contributed by atoms with Crippen LogP contribution < -0.4 is 4.90 Å². The molecule has 3 rings (SSSR count). The highest BCUT2D eigenvalue weighted by molar-refractivity contribution is 5.88. The summed E-state index contributed by atoms with van der Waals surface area (Å²) in [7, 11) is 0. The zero-order valence-electron chi connectivity index (χ0n) is 12.5. The summed E-state index contributed by atoms with van der Waals surface area (Å²) in [6, 6.07) is 1.70. The molecule has 1 aromatic rings. The predicted molar refractivity (Wildman–Crippen MR) is 77.2 cm³/mol. The topological polar surface area (TPSA) is 81.6 Å². The van der Waals surface area contributed by atoms with Crippen LogP contribution in [0.4, 0.5) is 10.7 Å². The molecule has 1 saturated carbocycles. The second kappa shape index (κ2) is 5.90. The van der Waals surface area contributed by atoms with Gasteiger partial charge in [0.1, 0.15) is 5.60 Å². The van der Waals surface area contributed by atoms with Crippen LogP contribution >= 0.6 is 0 Å². The van der Waals surface area contributed by atoms with Gasteiger partial charge < -0.3 is 9.47 Å². The molecule has 2 heterocycles. The smallest absolute Gasteiger partial charge is 0.417 e. The number of hydrogen-bond donors (Lipinski definition) is 0. The first-order valence-corrected chi connectivity index (χ1v) is 7.58. The number of nitrogens with zero attached hydrogens (tertiary/aromatic N) is 3. The Kier molecular flexibility index (Phi) is 3.96. The SMILES string of the molecule is CCOC(=O)C1CCC2(CC1)CN(c1ncccn1)C(=O)O2. The molecule has 0 unspecified atom stereocenters. The molecule has 1 aliphatic heterocycles. The van der Waals surface area contributed by atoms with Gasteiger partial charge in [0.15, 0.2) is 0 Å². The molecule has 2 aliphatic rings. The lowest BCUT2D eigenvalue weighted by atomic mass is 9.79. The van der Waals surface area contributed by atoms with Crippen molar-refractivity contribution in [3.8, 4) is 0 Å². The Labute approximate surface area is 128 Å². The van der Waals surface area contributed by atoms with E-state index in [0.717, 1.165) is 0 Å². The Hall–Kier alpha value is -2.18. The fourth-order valence-corrected chi connectivity index (χ4v) is 3.11. The van der Waals surface area contributed by atoms with E-state index in [1.54, 1.807) is 25.4 Å². The highest BCUT2D eigenvalue weighted by atomic mass is 16.6. The summed E-state index contributed by atoms with van der Waals surface area (Å²) in [4.78, 5) is 33.5. The second-order valence-electron chi connectivity index (χ2n) is 5.71. The van der Waals surface area contributed by atoms with Crippen LogP contribution in [0.2, 0.25) is 0 Å². The van der Waals surface area contributed by atoms with Gasteiger partial charge in [-0.3, -0.25) is 4.79 Å². The molecule has 1 aromatic heterocycles. The van der Waals surface area contributed by atoms with Crippen molar-refractivity contribution in [2.45, 2.75) is 38.2 Å². The number of amides is 1. The van der Waals surface area contributed by atoms with E-state index in [9.17, 15) is 9.59 Å². The van der Waals surface area contributed by atoms with Crippen molar-refractivity contribution in [2.24, 2.45) is 5.92 Å². The van der Waals surface area contributed by atoms with E-state index < -0.39 is 11.7 Å². The minimum atomic E-state index is -0.528. The fraction of sp³-hybridized carbons (Fsp3) is 0.600. The maximum atomic E-state index is 12.1. The van der Waals surface area contributed by atoms with Gasteiger partial charge in [-0.05, 0) is 38.7 Å². The summed E-state index contributed by atoms with van der Waals surface area (Å²) in [6.07, 6.45) is 5.44. The van der Waals surface area contributed by atoms with Gasteiger partial charge in [-0.25, -0.2) is 19.7 Å². The molecule has 0 atom stereocenters. The van der Waals surface area contributed by atoms with E-state index in [1.165, 1.54) is 4.90 Å². The normalized spacial score (nSPS) is 27.8. The molecule has 1 saturated heterocycles. The molecule has 22 heavy (non-hydrogen) atoms. The number of anilines is 1. The summed E-state index contributed by atoms with van der Waals surface area (Å²) in [5.74, 6) is 0.119. The number of rotatable bonds is 3. The molecular formula is C15H19N3O4. The van der Waals surface area contributed by atoms with Crippen molar-refractivity contribution in [3.63, 3.8) is 0 Å². The van der Waals surface area contributed by atoms with Crippen LogP contribution in [0.15, 0.2) is 18.5 Å². The van der Waals surface area contributed by atoms with Crippen LogP contribution in [0.25, 0.3) is 0 Å². The molecule has 0 aromatic carbocycles. The molecule has 1 aliphatic carbocycles. The van der Waals surface area contributed by atoms with Crippen LogP contribution in [-0.2, 0) is 14.3 Å². The first-order chi connectivity index (χ1) is 10.6. The van der Waals surface area contributed by atoms with E-state index in [2.05, 4.69) is 9.97 Å². The molecule has 7 nitrogen and oxygen atoms in total. The minimum absolute atomic E-state index is 0.0914. The van der Waals surface area contributed by atoms with E-state index >= 15 is 0 Å². The molecule has 1 amide bonds.